The van der Waals surface area contributed by atoms with Crippen molar-refractivity contribution in [1.29, 1.82) is 5.26 Å². The van der Waals surface area contributed by atoms with Gasteiger partial charge in [-0.1, -0.05) is 6.08 Å². The lowest BCUT2D eigenvalue weighted by molar-refractivity contribution is -0.162. The smallest absolute Gasteiger partial charge is 0.264 e. The Morgan fingerprint density at radius 1 is 1.31 bits per heavy atom. The Balaban J connectivity index is 1.38. The zero-order valence-corrected chi connectivity index (χ0v) is 22.3. The Labute approximate surface area is 226 Å². The summed E-state index contributed by atoms with van der Waals surface area (Å²) in [5.41, 5.74) is 7.01. The molecular formula is C27H32FN7O4. The maximum atomic E-state index is 15.2. The lowest BCUT2D eigenvalue weighted by Crippen LogP contribution is -2.68. The van der Waals surface area contributed by atoms with Crippen LogP contribution in [0.5, 0.6) is 5.75 Å². The van der Waals surface area contributed by atoms with Crippen molar-refractivity contribution >= 4 is 28.6 Å². The summed E-state index contributed by atoms with van der Waals surface area (Å²) in [5.74, 6) is -0.427. The van der Waals surface area contributed by atoms with E-state index in [9.17, 15) is 14.9 Å². The molecule has 39 heavy (non-hydrogen) atoms. The third kappa shape index (κ3) is 5.63. The standard InChI is InChI=1S/C27H32FN7O4/c1-18(22(13-30)19-11-23(39-3)25-20(12-29)14-31-35(25)15-19)32-21-6-8-33(9-7-21)26(37)27(28)16-34(17-27)24(36)5-4-10-38-2/h4-5,11,13-15,21H,6-10,16-17,30H2,1-3H3/b5-4+,22-13+,32-18?. The van der Waals surface area contributed by atoms with Crippen LogP contribution in [-0.2, 0) is 14.3 Å². The van der Waals surface area contributed by atoms with Crippen molar-refractivity contribution in [3.8, 4) is 11.8 Å². The summed E-state index contributed by atoms with van der Waals surface area (Å²) in [6.45, 7) is 2.40. The number of likely N-dealkylation sites (tertiary alicyclic amines) is 2. The van der Waals surface area contributed by atoms with Crippen molar-refractivity contribution in [2.45, 2.75) is 31.5 Å². The predicted octanol–water partition coefficient (Wildman–Crippen LogP) is 1.72. The van der Waals surface area contributed by atoms with Gasteiger partial charge in [0.1, 0.15) is 22.9 Å². The number of hydrogen-bond donors (Lipinski definition) is 1. The molecule has 0 atom stereocenters. The number of fused-ring (bicyclic) bond motifs is 1. The Bertz CT molecular complexity index is 1380. The summed E-state index contributed by atoms with van der Waals surface area (Å²) in [4.78, 5) is 32.6. The van der Waals surface area contributed by atoms with Gasteiger partial charge in [-0.2, -0.15) is 10.4 Å². The number of hydrogen-bond acceptors (Lipinski definition) is 8. The summed E-state index contributed by atoms with van der Waals surface area (Å²) in [6, 6.07) is 3.83. The number of carbonyl (C=O) groups excluding carboxylic acids is 2. The monoisotopic (exact) mass is 537 g/mol. The first-order valence-electron chi connectivity index (χ1n) is 12.6. The molecule has 0 aliphatic carbocycles. The lowest BCUT2D eigenvalue weighted by atomic mass is 9.92. The van der Waals surface area contributed by atoms with Crippen LogP contribution < -0.4 is 10.5 Å². The second kappa shape index (κ2) is 11.7. The first-order chi connectivity index (χ1) is 18.7. The van der Waals surface area contributed by atoms with Crippen LogP contribution in [0.1, 0.15) is 30.9 Å². The van der Waals surface area contributed by atoms with E-state index in [-0.39, 0.29) is 31.6 Å². The average Bonchev–Trinajstić information content (AvgIpc) is 3.34. The van der Waals surface area contributed by atoms with Crippen molar-refractivity contribution in [2.75, 3.05) is 47.0 Å². The largest absolute Gasteiger partial charge is 0.494 e. The molecule has 0 bridgehead atoms. The minimum absolute atomic E-state index is 0.0644. The van der Waals surface area contributed by atoms with Gasteiger partial charge in [0.15, 0.2) is 0 Å². The minimum Gasteiger partial charge on any atom is -0.494 e. The molecule has 0 unspecified atom stereocenters. The second-order valence-corrected chi connectivity index (χ2v) is 9.60. The van der Waals surface area contributed by atoms with Crippen molar-refractivity contribution in [3.05, 3.63) is 47.9 Å². The number of methoxy groups -OCH3 is 2. The molecule has 4 rings (SSSR count). The minimum atomic E-state index is -2.05. The molecule has 2 saturated heterocycles. The van der Waals surface area contributed by atoms with E-state index in [0.29, 0.717) is 54.0 Å². The van der Waals surface area contributed by atoms with Crippen LogP contribution >= 0.6 is 0 Å². The first-order valence-corrected chi connectivity index (χ1v) is 12.6. The summed E-state index contributed by atoms with van der Waals surface area (Å²) in [5, 5.41) is 13.6. The number of pyridine rings is 1. The molecule has 2 N–H and O–H groups in total. The van der Waals surface area contributed by atoms with E-state index in [4.69, 9.17) is 20.2 Å². The van der Waals surface area contributed by atoms with Gasteiger partial charge >= 0.3 is 0 Å². The Morgan fingerprint density at radius 3 is 2.64 bits per heavy atom. The van der Waals surface area contributed by atoms with E-state index < -0.39 is 11.6 Å². The molecule has 2 amide bonds. The fourth-order valence-electron chi connectivity index (χ4n) is 4.92. The average molecular weight is 538 g/mol. The van der Waals surface area contributed by atoms with Crippen LogP contribution in [0.2, 0.25) is 0 Å². The van der Waals surface area contributed by atoms with E-state index in [1.54, 1.807) is 22.9 Å². The maximum Gasteiger partial charge on any atom is 0.264 e. The lowest BCUT2D eigenvalue weighted by Gasteiger charge is -2.45. The number of allylic oxidation sites excluding steroid dienone is 1. The Kier molecular flexibility index (Phi) is 8.30. The number of nitrogens with zero attached hydrogens (tertiary/aromatic N) is 6. The summed E-state index contributed by atoms with van der Waals surface area (Å²) in [6.07, 6.45) is 8.74. The molecule has 0 saturated carbocycles. The van der Waals surface area contributed by atoms with Gasteiger partial charge in [0.25, 0.3) is 5.91 Å². The maximum absolute atomic E-state index is 15.2. The Morgan fingerprint density at radius 2 is 2.03 bits per heavy atom. The van der Waals surface area contributed by atoms with Crippen LogP contribution in [0.3, 0.4) is 0 Å². The van der Waals surface area contributed by atoms with Gasteiger partial charge in [-0.25, -0.2) is 8.91 Å². The van der Waals surface area contributed by atoms with Crippen molar-refractivity contribution in [1.82, 2.24) is 19.4 Å². The zero-order valence-electron chi connectivity index (χ0n) is 22.3. The van der Waals surface area contributed by atoms with Crippen LogP contribution in [0, 0.1) is 11.3 Å². The first kappa shape index (κ1) is 27.8. The van der Waals surface area contributed by atoms with Crippen LogP contribution in [0.15, 0.2) is 41.8 Å². The number of halogens is 1. The van der Waals surface area contributed by atoms with E-state index >= 15 is 4.39 Å². The molecule has 2 aliphatic heterocycles. The van der Waals surface area contributed by atoms with Crippen LogP contribution in [0.4, 0.5) is 4.39 Å². The van der Waals surface area contributed by atoms with Crippen molar-refractivity contribution in [3.63, 3.8) is 0 Å². The SMILES string of the molecule is COC/C=C/C(=O)N1CC(F)(C(=O)N2CCC(N=C(C)/C(=C\N)c3cc(OC)c4c(C#N)cnn4c3)CC2)C1. The van der Waals surface area contributed by atoms with Gasteiger partial charge in [0.2, 0.25) is 11.6 Å². The highest BCUT2D eigenvalue weighted by atomic mass is 19.1. The van der Waals surface area contributed by atoms with Gasteiger partial charge in [-0.15, -0.1) is 0 Å². The van der Waals surface area contributed by atoms with Crippen molar-refractivity contribution < 1.29 is 23.5 Å². The predicted molar refractivity (Wildman–Crippen MR) is 143 cm³/mol. The fraction of sp³-hybridized carbons (Fsp3) is 0.444. The van der Waals surface area contributed by atoms with Gasteiger partial charge in [-0.3, -0.25) is 14.6 Å². The van der Waals surface area contributed by atoms with Gasteiger partial charge < -0.3 is 25.0 Å². The molecular weight excluding hydrogens is 505 g/mol. The highest BCUT2D eigenvalue weighted by Crippen LogP contribution is 2.31. The highest BCUT2D eigenvalue weighted by molar-refractivity contribution is 6.22. The number of piperidine rings is 1. The van der Waals surface area contributed by atoms with Gasteiger partial charge in [0.05, 0.1) is 39.0 Å². The molecule has 0 spiro atoms. The van der Waals surface area contributed by atoms with E-state index in [0.717, 1.165) is 5.56 Å². The number of alkyl halides is 1. The zero-order chi connectivity index (χ0) is 28.2. The third-order valence-electron chi connectivity index (χ3n) is 7.01. The molecule has 2 aromatic heterocycles. The summed E-state index contributed by atoms with van der Waals surface area (Å²) in [7, 11) is 3.04. The number of amides is 2. The van der Waals surface area contributed by atoms with Crippen molar-refractivity contribution in [2.24, 2.45) is 10.7 Å². The second-order valence-electron chi connectivity index (χ2n) is 9.60. The van der Waals surface area contributed by atoms with Crippen LogP contribution in [0.25, 0.3) is 11.1 Å². The molecule has 2 aliphatic rings. The molecule has 4 heterocycles. The number of aromatic nitrogens is 2. The van der Waals surface area contributed by atoms with Gasteiger partial charge in [-0.05, 0) is 25.8 Å². The Hall–Kier alpha value is -4.24. The molecule has 2 aromatic rings. The quantitative estimate of drug-likeness (QED) is 0.400. The highest BCUT2D eigenvalue weighted by Gasteiger charge is 2.53. The van der Waals surface area contributed by atoms with E-state index in [1.165, 1.54) is 42.5 Å². The number of aliphatic imine (C=N–C) groups is 1. The topological polar surface area (TPSA) is 139 Å². The number of carbonyl (C=O) groups is 2. The molecule has 0 aromatic carbocycles. The molecule has 11 nitrogen and oxygen atoms in total. The molecule has 0 radical (unpaired) electrons. The van der Waals surface area contributed by atoms with Crippen LogP contribution in [-0.4, -0.2) is 95.7 Å². The molecule has 2 fully saturated rings. The van der Waals surface area contributed by atoms with E-state index in [1.807, 2.05) is 6.92 Å². The number of nitrogens with two attached hydrogens (primary N) is 1. The fourth-order valence-corrected chi connectivity index (χ4v) is 4.92. The summed E-state index contributed by atoms with van der Waals surface area (Å²) < 4.78 is 27.1. The molecule has 12 heteroatoms. The normalized spacial score (nSPS) is 18.3. The third-order valence-corrected chi connectivity index (χ3v) is 7.01. The van der Waals surface area contributed by atoms with Gasteiger partial charge in [0, 0.05) is 55.5 Å². The van der Waals surface area contributed by atoms with E-state index in [2.05, 4.69) is 11.2 Å². The number of nitriles is 1. The number of rotatable bonds is 8. The molecule has 206 valence electrons. The number of ether oxygens (including phenoxy) is 2. The summed E-state index contributed by atoms with van der Waals surface area (Å²) >= 11 is 0.